The number of rotatable bonds is 5. The van der Waals surface area contributed by atoms with Crippen LogP contribution in [0.25, 0.3) is 0 Å². The van der Waals surface area contributed by atoms with Gasteiger partial charge in [0, 0.05) is 10.9 Å². The van der Waals surface area contributed by atoms with Crippen LogP contribution in [0.3, 0.4) is 0 Å². The predicted octanol–water partition coefficient (Wildman–Crippen LogP) is 3.99. The highest BCUT2D eigenvalue weighted by atomic mass is 35.5. The fourth-order valence-corrected chi connectivity index (χ4v) is 1.87. The van der Waals surface area contributed by atoms with Crippen LogP contribution in [0.2, 0.25) is 5.02 Å². The van der Waals surface area contributed by atoms with E-state index in [1.165, 1.54) is 0 Å². The number of hydrogen-bond acceptors (Lipinski definition) is 1. The summed E-state index contributed by atoms with van der Waals surface area (Å²) < 4.78 is 0. The summed E-state index contributed by atoms with van der Waals surface area (Å²) in [6.45, 7) is 4.18. The molecule has 0 fully saturated rings. The van der Waals surface area contributed by atoms with Crippen molar-refractivity contribution in [3.8, 4) is 0 Å². The van der Waals surface area contributed by atoms with Crippen LogP contribution in [-0.4, -0.2) is 11.2 Å². The van der Waals surface area contributed by atoms with E-state index in [1.807, 2.05) is 31.2 Å². The highest BCUT2D eigenvalue weighted by Crippen LogP contribution is 2.24. The van der Waals surface area contributed by atoms with Crippen LogP contribution in [-0.2, 0) is 0 Å². The zero-order chi connectivity index (χ0) is 11.3. The number of aliphatic hydroxyl groups is 1. The van der Waals surface area contributed by atoms with Gasteiger partial charge in [0.2, 0.25) is 0 Å². The maximum absolute atomic E-state index is 9.95. The van der Waals surface area contributed by atoms with Gasteiger partial charge in [0.1, 0.15) is 0 Å². The number of hydrogen-bond donors (Lipinski definition) is 1. The molecule has 0 aliphatic heterocycles. The Hall–Kier alpha value is -0.530. The zero-order valence-corrected chi connectivity index (χ0v) is 10.2. The maximum Gasteiger partial charge on any atom is 0.0606 e. The van der Waals surface area contributed by atoms with E-state index in [0.29, 0.717) is 0 Å². The molecule has 0 aliphatic carbocycles. The summed E-state index contributed by atoms with van der Waals surface area (Å²) in [6.07, 6.45) is 2.80. The highest BCUT2D eigenvalue weighted by Gasteiger charge is 2.15. The Bertz CT molecular complexity index is 298. The molecule has 1 aromatic carbocycles. The highest BCUT2D eigenvalue weighted by molar-refractivity contribution is 6.30. The van der Waals surface area contributed by atoms with Gasteiger partial charge >= 0.3 is 0 Å². The molecule has 2 unspecified atom stereocenters. The largest absolute Gasteiger partial charge is 0.393 e. The molecule has 0 saturated heterocycles. The third-order valence-corrected chi connectivity index (χ3v) is 3.04. The Morgan fingerprint density at radius 3 is 2.73 bits per heavy atom. The molecule has 0 spiro atoms. The molecule has 0 saturated carbocycles. The van der Waals surface area contributed by atoms with E-state index < -0.39 is 0 Å². The first kappa shape index (κ1) is 12.5. The second-order valence-corrected chi connectivity index (χ2v) is 4.49. The summed E-state index contributed by atoms with van der Waals surface area (Å²) >= 11 is 5.92. The zero-order valence-electron chi connectivity index (χ0n) is 9.41. The van der Waals surface area contributed by atoms with E-state index in [4.69, 9.17) is 11.6 Å². The second-order valence-electron chi connectivity index (χ2n) is 4.05. The molecule has 2 atom stereocenters. The molecule has 0 aliphatic rings. The van der Waals surface area contributed by atoms with Crippen molar-refractivity contribution in [3.63, 3.8) is 0 Å². The van der Waals surface area contributed by atoms with Gasteiger partial charge in [-0.15, -0.1) is 0 Å². The van der Waals surface area contributed by atoms with Crippen LogP contribution in [0.5, 0.6) is 0 Å². The molecule has 1 aromatic rings. The Balaban J connectivity index is 2.62. The van der Waals surface area contributed by atoms with Gasteiger partial charge in [0.25, 0.3) is 0 Å². The van der Waals surface area contributed by atoms with E-state index in [0.717, 1.165) is 29.8 Å². The molecule has 0 bridgehead atoms. The Labute approximate surface area is 97.1 Å². The summed E-state index contributed by atoms with van der Waals surface area (Å²) in [6, 6.07) is 7.74. The topological polar surface area (TPSA) is 20.2 Å². The lowest BCUT2D eigenvalue weighted by atomic mass is 9.92. The van der Waals surface area contributed by atoms with E-state index in [9.17, 15) is 5.11 Å². The van der Waals surface area contributed by atoms with E-state index in [2.05, 4.69) is 6.92 Å². The Morgan fingerprint density at radius 1 is 1.40 bits per heavy atom. The predicted molar refractivity (Wildman–Crippen MR) is 65.4 cm³/mol. The first-order valence-corrected chi connectivity index (χ1v) is 5.96. The Kier molecular flexibility index (Phi) is 5.13. The average Bonchev–Trinajstić information content (AvgIpc) is 2.24. The van der Waals surface area contributed by atoms with Crippen LogP contribution in [0.4, 0.5) is 0 Å². The van der Waals surface area contributed by atoms with Crippen molar-refractivity contribution in [2.24, 2.45) is 0 Å². The van der Waals surface area contributed by atoms with Crippen molar-refractivity contribution in [1.29, 1.82) is 0 Å². The van der Waals surface area contributed by atoms with Gasteiger partial charge in [0.15, 0.2) is 0 Å². The van der Waals surface area contributed by atoms with Crippen LogP contribution in [0.1, 0.15) is 44.6 Å². The molecule has 84 valence electrons. The van der Waals surface area contributed by atoms with Crippen molar-refractivity contribution >= 4 is 11.6 Å². The van der Waals surface area contributed by atoms with Crippen molar-refractivity contribution in [2.75, 3.05) is 0 Å². The molecule has 15 heavy (non-hydrogen) atoms. The standard InChI is InChI=1S/C13H19ClO/c1-3-4-8-13(15)10(2)11-6-5-7-12(14)9-11/h5-7,9-10,13,15H,3-4,8H2,1-2H3. The molecule has 0 radical (unpaired) electrons. The number of halogens is 1. The van der Waals surface area contributed by atoms with Gasteiger partial charge < -0.3 is 5.11 Å². The summed E-state index contributed by atoms with van der Waals surface area (Å²) in [5.74, 6) is 0.162. The number of benzene rings is 1. The second kappa shape index (κ2) is 6.14. The van der Waals surface area contributed by atoms with Crippen molar-refractivity contribution in [2.45, 2.75) is 45.1 Å². The molecule has 1 rings (SSSR count). The molecule has 2 heteroatoms. The summed E-state index contributed by atoms with van der Waals surface area (Å²) in [5, 5.41) is 10.7. The SMILES string of the molecule is CCCCC(O)C(C)c1cccc(Cl)c1. The fraction of sp³-hybridized carbons (Fsp3) is 0.538. The molecule has 0 heterocycles. The van der Waals surface area contributed by atoms with Gasteiger partial charge in [-0.05, 0) is 24.1 Å². The third-order valence-electron chi connectivity index (χ3n) is 2.81. The minimum Gasteiger partial charge on any atom is -0.393 e. The van der Waals surface area contributed by atoms with E-state index in [-0.39, 0.29) is 12.0 Å². The monoisotopic (exact) mass is 226 g/mol. The van der Waals surface area contributed by atoms with Gasteiger partial charge in [-0.2, -0.15) is 0 Å². The van der Waals surface area contributed by atoms with Crippen molar-refractivity contribution in [3.05, 3.63) is 34.9 Å². The maximum atomic E-state index is 9.95. The Morgan fingerprint density at radius 2 is 2.13 bits per heavy atom. The molecular weight excluding hydrogens is 208 g/mol. The first-order chi connectivity index (χ1) is 7.15. The number of unbranched alkanes of at least 4 members (excludes halogenated alkanes) is 1. The smallest absolute Gasteiger partial charge is 0.0606 e. The lowest BCUT2D eigenvalue weighted by Crippen LogP contribution is -2.15. The van der Waals surface area contributed by atoms with Gasteiger partial charge in [-0.25, -0.2) is 0 Å². The van der Waals surface area contributed by atoms with Crippen molar-refractivity contribution < 1.29 is 5.11 Å². The van der Waals surface area contributed by atoms with Gasteiger partial charge in [-0.3, -0.25) is 0 Å². The first-order valence-electron chi connectivity index (χ1n) is 5.58. The quantitative estimate of drug-likeness (QED) is 0.805. The van der Waals surface area contributed by atoms with Crippen LogP contribution >= 0.6 is 11.6 Å². The minimum atomic E-state index is -0.261. The summed E-state index contributed by atoms with van der Waals surface area (Å²) in [7, 11) is 0. The van der Waals surface area contributed by atoms with Crippen molar-refractivity contribution in [1.82, 2.24) is 0 Å². The third kappa shape index (κ3) is 3.84. The number of aliphatic hydroxyl groups excluding tert-OH is 1. The molecule has 0 amide bonds. The average molecular weight is 227 g/mol. The van der Waals surface area contributed by atoms with Crippen LogP contribution in [0.15, 0.2) is 24.3 Å². The lowest BCUT2D eigenvalue weighted by Gasteiger charge is -2.19. The molecule has 1 N–H and O–H groups in total. The summed E-state index contributed by atoms with van der Waals surface area (Å²) in [4.78, 5) is 0. The van der Waals surface area contributed by atoms with E-state index in [1.54, 1.807) is 0 Å². The van der Waals surface area contributed by atoms with Crippen LogP contribution in [0, 0.1) is 0 Å². The lowest BCUT2D eigenvalue weighted by molar-refractivity contribution is 0.137. The fourth-order valence-electron chi connectivity index (χ4n) is 1.68. The van der Waals surface area contributed by atoms with Gasteiger partial charge in [0.05, 0.1) is 6.10 Å². The minimum absolute atomic E-state index is 0.162. The molecule has 1 nitrogen and oxygen atoms in total. The van der Waals surface area contributed by atoms with E-state index >= 15 is 0 Å². The van der Waals surface area contributed by atoms with Crippen LogP contribution < -0.4 is 0 Å². The summed E-state index contributed by atoms with van der Waals surface area (Å²) in [5.41, 5.74) is 1.12. The normalized spacial score (nSPS) is 14.9. The molecule has 0 aromatic heterocycles. The van der Waals surface area contributed by atoms with Gasteiger partial charge in [-0.1, -0.05) is 50.4 Å². The molecular formula is C13H19ClO.